The van der Waals surface area contributed by atoms with Crippen LogP contribution in [0.2, 0.25) is 0 Å². The van der Waals surface area contributed by atoms with Gasteiger partial charge in [0.25, 0.3) is 0 Å². The van der Waals surface area contributed by atoms with Crippen molar-refractivity contribution in [2.75, 3.05) is 53.3 Å². The highest BCUT2D eigenvalue weighted by Crippen LogP contribution is 2.32. The number of aryl methyl sites for hydroxylation is 2. The fourth-order valence-corrected chi connectivity index (χ4v) is 7.80. The first-order valence-electron chi connectivity index (χ1n) is 21.2. The Hall–Kier alpha value is -5.48. The Morgan fingerprint density at radius 3 is 1.70 bits per heavy atom. The number of pyridine rings is 2. The predicted molar refractivity (Wildman–Crippen MR) is 235 cm³/mol. The average Bonchev–Trinajstić information content (AvgIpc) is 4.01. The molecule has 4 aromatic heterocycles. The maximum atomic E-state index is 13.7. The van der Waals surface area contributed by atoms with Gasteiger partial charge in [-0.3, -0.25) is 4.39 Å². The van der Waals surface area contributed by atoms with Gasteiger partial charge in [-0.25, -0.2) is 29.5 Å². The summed E-state index contributed by atoms with van der Waals surface area (Å²) in [6.07, 6.45) is 11.1. The number of aromatic nitrogens is 4. The fraction of sp³-hybridized carbons (Fsp3) is 0.435. The van der Waals surface area contributed by atoms with Crippen LogP contribution in [-0.4, -0.2) is 100 Å². The van der Waals surface area contributed by atoms with Crippen LogP contribution in [0.15, 0.2) is 79.3 Å². The average molecular weight is 843 g/mol. The van der Waals surface area contributed by atoms with E-state index in [0.29, 0.717) is 51.8 Å². The van der Waals surface area contributed by atoms with Gasteiger partial charge < -0.3 is 33.7 Å². The summed E-state index contributed by atoms with van der Waals surface area (Å²) in [4.78, 5) is 48.8. The van der Waals surface area contributed by atoms with E-state index < -0.39 is 24.4 Å². The zero-order valence-corrected chi connectivity index (χ0v) is 35.8. The molecule has 6 aromatic rings. The second-order valence-corrected chi connectivity index (χ2v) is 15.4. The van der Waals surface area contributed by atoms with Crippen LogP contribution in [0.3, 0.4) is 0 Å². The summed E-state index contributed by atoms with van der Waals surface area (Å²) in [6.45, 7) is 5.35. The molecular formula is C46H57F2N7O6. The van der Waals surface area contributed by atoms with E-state index in [-0.39, 0.29) is 30.6 Å². The number of nitrogens with zero attached hydrogens (tertiary/aromatic N) is 7. The molecule has 0 unspecified atom stereocenters. The van der Waals surface area contributed by atoms with E-state index in [2.05, 4.69) is 62.8 Å². The van der Waals surface area contributed by atoms with E-state index in [1.807, 2.05) is 32.0 Å². The Kier molecular flexibility index (Phi) is 16.1. The number of aliphatic hydroxyl groups is 2. The zero-order chi connectivity index (χ0) is 44.9. The van der Waals surface area contributed by atoms with Crippen LogP contribution in [0.5, 0.6) is 0 Å². The largest absolute Gasteiger partial charge is 0.403 e. The highest BCUT2D eigenvalue weighted by atomic mass is 19.1. The van der Waals surface area contributed by atoms with Gasteiger partial charge in [-0.15, -0.1) is 0 Å². The number of rotatable bonds is 9. The number of benzene rings is 2. The van der Waals surface area contributed by atoms with Crippen LogP contribution in [-0.2, 0) is 26.1 Å². The number of aliphatic hydroxyl groups excluding tert-OH is 2. The van der Waals surface area contributed by atoms with Crippen LogP contribution in [0, 0.1) is 5.95 Å². The number of anilines is 1. The van der Waals surface area contributed by atoms with Crippen LogP contribution >= 0.6 is 0 Å². The molecule has 0 radical (unpaired) electrons. The van der Waals surface area contributed by atoms with Gasteiger partial charge in [-0.2, -0.15) is 4.39 Å². The van der Waals surface area contributed by atoms with Gasteiger partial charge in [0.1, 0.15) is 5.82 Å². The van der Waals surface area contributed by atoms with Crippen LogP contribution < -0.4 is 16.2 Å². The number of fused-ring (bicyclic) bond motifs is 2. The van der Waals surface area contributed by atoms with E-state index in [1.165, 1.54) is 44.0 Å². The molecule has 5 heterocycles. The smallest absolute Gasteiger partial charge is 0.347 e. The zero-order valence-electron chi connectivity index (χ0n) is 36.8. The Morgan fingerprint density at radius 2 is 1.26 bits per heavy atom. The van der Waals surface area contributed by atoms with E-state index in [0.717, 1.165) is 48.1 Å². The molecule has 61 heavy (non-hydrogen) atoms. The third-order valence-electron chi connectivity index (χ3n) is 11.1. The molecule has 0 bridgehead atoms. The van der Waals surface area contributed by atoms with E-state index >= 15 is 0 Å². The van der Waals surface area contributed by atoms with Gasteiger partial charge in [0.05, 0.1) is 54.7 Å². The lowest BCUT2D eigenvalue weighted by Gasteiger charge is -2.22. The molecule has 1 saturated carbocycles. The van der Waals surface area contributed by atoms with Crippen LogP contribution in [0.1, 0.15) is 69.6 Å². The quantitative estimate of drug-likeness (QED) is 0.144. The summed E-state index contributed by atoms with van der Waals surface area (Å²) < 4.78 is 40.1. The van der Waals surface area contributed by atoms with Gasteiger partial charge in [0.2, 0.25) is 17.7 Å². The standard InChI is InChI=1S/C22H26N4O3.C16H13FN2O3.C7H15N.CH3F/c1-4-15-10-14(13-27)11-18-19(15)22(28)29-21(24-18)17-6-5-8-23-20(17)26-9-7-16(12-26)25(2)3;1-2-10-6-9(8-20)7-12-13(10)16(21)22-15(19-12)11-4-3-5-18-14(11)17;1-8(2)7-5-3-4-6-7;1-2/h5-6,8,10-11,16,27H,4,7,9,12-13H2,1-3H3;3-7,20H,2,8H2,1H3;7H,3-6H2,1-2H3;1H3/t16-;;;/m0.../s1/i;;;1D. The topological polar surface area (TPSA) is 162 Å². The summed E-state index contributed by atoms with van der Waals surface area (Å²) in [5.74, 6) is 0.156. The molecule has 2 aromatic carbocycles. The van der Waals surface area contributed by atoms with E-state index in [4.69, 9.17) is 10.2 Å². The number of hydrogen-bond acceptors (Lipinski definition) is 13. The van der Waals surface area contributed by atoms with Crippen molar-refractivity contribution in [1.29, 1.82) is 0 Å². The minimum atomic E-state index is -1.00. The summed E-state index contributed by atoms with van der Waals surface area (Å²) in [7, 11) is 7.52. The Labute approximate surface area is 356 Å². The maximum Gasteiger partial charge on any atom is 0.347 e. The fourth-order valence-electron chi connectivity index (χ4n) is 7.80. The Balaban J connectivity index is 0.000000193. The molecule has 1 aliphatic heterocycles. The van der Waals surface area contributed by atoms with Crippen LogP contribution in [0.25, 0.3) is 44.7 Å². The maximum absolute atomic E-state index is 13.7. The molecule has 1 aliphatic carbocycles. The van der Waals surface area contributed by atoms with Gasteiger partial charge in [0.15, 0.2) is 0 Å². The molecular weight excluding hydrogens is 785 g/mol. The highest BCUT2D eigenvalue weighted by molar-refractivity contribution is 5.84. The molecule has 1 saturated heterocycles. The number of hydrogen-bond donors (Lipinski definition) is 2. The highest BCUT2D eigenvalue weighted by Gasteiger charge is 2.28. The molecule has 0 spiro atoms. The molecule has 13 nitrogen and oxygen atoms in total. The minimum Gasteiger partial charge on any atom is -0.403 e. The predicted octanol–water partition coefficient (Wildman–Crippen LogP) is 6.97. The molecule has 326 valence electrons. The van der Waals surface area contributed by atoms with Crippen molar-refractivity contribution in [3.63, 3.8) is 0 Å². The normalized spacial score (nSPS) is 15.3. The summed E-state index contributed by atoms with van der Waals surface area (Å²) >= 11 is 0. The Bertz CT molecular complexity index is 2530. The molecule has 2 aliphatic rings. The lowest BCUT2D eigenvalue weighted by Crippen LogP contribution is -2.31. The summed E-state index contributed by atoms with van der Waals surface area (Å²) in [6, 6.07) is 15.0. The molecule has 15 heteroatoms. The van der Waals surface area contributed by atoms with Gasteiger partial charge >= 0.3 is 11.3 Å². The minimum absolute atomic E-state index is 0.0222. The summed E-state index contributed by atoms with van der Waals surface area (Å²) in [5, 5.41) is 19.7. The van der Waals surface area contributed by atoms with Crippen molar-refractivity contribution < 1.29 is 29.2 Å². The first-order chi connectivity index (χ1) is 29.9. The van der Waals surface area contributed by atoms with Crippen LogP contribution in [0.4, 0.5) is 14.6 Å². The number of alkyl halides is 1. The van der Waals surface area contributed by atoms with E-state index in [9.17, 15) is 28.6 Å². The second-order valence-electron chi connectivity index (χ2n) is 15.4. The van der Waals surface area contributed by atoms with Crippen molar-refractivity contribution in [3.05, 3.63) is 110 Å². The van der Waals surface area contributed by atoms with Crippen molar-refractivity contribution in [1.82, 2.24) is 29.7 Å². The molecule has 2 fully saturated rings. The number of likely N-dealkylation sites (N-methyl/N-ethyl adjacent to an activating group) is 1. The lowest BCUT2D eigenvalue weighted by atomic mass is 10.0. The monoisotopic (exact) mass is 842 g/mol. The first-order valence-corrected chi connectivity index (χ1v) is 20.5. The molecule has 1 atom stereocenters. The SMILES string of the molecule is CCc1cc(CO)cc2nc(-c3cccnc3F)oc(=O)c12.CCc1cc(CO)cc2nc(-c3cccnc3N3CC[C@H](N(C)C)C3)oc(=O)c12.CN(C)C1CCCC1.[2H]CF. The molecule has 0 amide bonds. The number of halogens is 2. The Morgan fingerprint density at radius 1 is 0.770 bits per heavy atom. The third-order valence-corrected chi connectivity index (χ3v) is 11.1. The second kappa shape index (κ2) is 21.9. The van der Waals surface area contributed by atoms with Crippen molar-refractivity contribution in [2.24, 2.45) is 0 Å². The van der Waals surface area contributed by atoms with Gasteiger partial charge in [-0.05, 0) is 119 Å². The summed E-state index contributed by atoms with van der Waals surface area (Å²) in [5.41, 5.74) is 3.60. The van der Waals surface area contributed by atoms with Crippen molar-refractivity contribution in [3.8, 4) is 22.9 Å². The van der Waals surface area contributed by atoms with Gasteiger partial charge in [-0.1, -0.05) is 38.8 Å². The van der Waals surface area contributed by atoms with E-state index in [1.54, 1.807) is 24.4 Å². The van der Waals surface area contributed by atoms with Gasteiger partial charge in [0, 0.05) is 37.6 Å². The first kappa shape index (κ1) is 45.1. The molecule has 2 N–H and O–H groups in total. The lowest BCUT2D eigenvalue weighted by molar-refractivity contribution is 0.281. The third kappa shape index (κ3) is 11.1. The molecule has 8 rings (SSSR count). The van der Waals surface area contributed by atoms with Crippen molar-refractivity contribution >= 4 is 27.6 Å². The van der Waals surface area contributed by atoms with Crippen molar-refractivity contribution in [2.45, 2.75) is 84.1 Å².